The van der Waals surface area contributed by atoms with Gasteiger partial charge in [0.2, 0.25) is 11.8 Å². The van der Waals surface area contributed by atoms with E-state index in [1.807, 2.05) is 43.9 Å². The standard InChI is InChI=1S/C27H37ClN2O3S/c1-18(2)8-11-29(26(31)14-19(3)4)16-27(32)30-12-9-25-22(10-13-34-25)24(30)17-33-21-6-7-23(28)20(5)15-21/h6-7,10,13,15,18-19,24H,8-9,11-12,14,16-17H2,1-5H3. The second-order valence-corrected chi connectivity index (χ2v) is 11.4. The molecule has 0 N–H and O–H groups in total. The van der Waals surface area contributed by atoms with Crippen LogP contribution < -0.4 is 4.74 Å². The van der Waals surface area contributed by atoms with Crippen molar-refractivity contribution in [3.8, 4) is 5.75 Å². The molecule has 3 rings (SSSR count). The molecule has 1 aliphatic heterocycles. The fourth-order valence-corrected chi connectivity index (χ4v) is 5.24. The van der Waals surface area contributed by atoms with Crippen molar-refractivity contribution in [2.75, 3.05) is 26.2 Å². The van der Waals surface area contributed by atoms with E-state index in [0.29, 0.717) is 37.1 Å². The zero-order valence-corrected chi connectivity index (χ0v) is 22.5. The topological polar surface area (TPSA) is 49.9 Å². The van der Waals surface area contributed by atoms with E-state index in [1.54, 1.807) is 16.2 Å². The van der Waals surface area contributed by atoms with E-state index < -0.39 is 0 Å². The van der Waals surface area contributed by atoms with Gasteiger partial charge in [-0.15, -0.1) is 11.3 Å². The Morgan fingerprint density at radius 3 is 2.65 bits per heavy atom. The van der Waals surface area contributed by atoms with Crippen molar-refractivity contribution in [3.05, 3.63) is 50.7 Å². The molecule has 2 aromatic rings. The summed E-state index contributed by atoms with van der Waals surface area (Å²) in [6.07, 6.45) is 2.18. The Labute approximate surface area is 213 Å². The van der Waals surface area contributed by atoms with Crippen molar-refractivity contribution in [3.63, 3.8) is 0 Å². The zero-order chi connectivity index (χ0) is 24.8. The van der Waals surface area contributed by atoms with Crippen LogP contribution in [0.2, 0.25) is 5.02 Å². The van der Waals surface area contributed by atoms with Crippen molar-refractivity contribution in [1.29, 1.82) is 0 Å². The van der Waals surface area contributed by atoms with Gasteiger partial charge in [0.25, 0.3) is 0 Å². The normalized spacial score (nSPS) is 15.5. The molecule has 2 heterocycles. The molecule has 0 spiro atoms. The molecule has 7 heteroatoms. The lowest BCUT2D eigenvalue weighted by Crippen LogP contribution is -2.48. The maximum atomic E-state index is 13.6. The van der Waals surface area contributed by atoms with Gasteiger partial charge in [0.15, 0.2) is 0 Å². The summed E-state index contributed by atoms with van der Waals surface area (Å²) in [6.45, 7) is 12.0. The number of rotatable bonds is 10. The van der Waals surface area contributed by atoms with Crippen LogP contribution >= 0.6 is 22.9 Å². The summed E-state index contributed by atoms with van der Waals surface area (Å²) in [6, 6.07) is 7.53. The van der Waals surface area contributed by atoms with Crippen LogP contribution in [0.5, 0.6) is 5.75 Å². The highest BCUT2D eigenvalue weighted by atomic mass is 35.5. The molecule has 34 heavy (non-hydrogen) atoms. The minimum atomic E-state index is -0.175. The minimum Gasteiger partial charge on any atom is -0.491 e. The number of carbonyl (C=O) groups is 2. The number of thiophene rings is 1. The first-order valence-electron chi connectivity index (χ1n) is 12.2. The van der Waals surface area contributed by atoms with Crippen LogP contribution in [-0.2, 0) is 16.0 Å². The van der Waals surface area contributed by atoms with E-state index in [0.717, 1.165) is 29.7 Å². The van der Waals surface area contributed by atoms with Gasteiger partial charge in [0, 0.05) is 29.4 Å². The zero-order valence-electron chi connectivity index (χ0n) is 21.0. The van der Waals surface area contributed by atoms with Gasteiger partial charge in [0.05, 0.1) is 12.6 Å². The van der Waals surface area contributed by atoms with E-state index in [-0.39, 0.29) is 30.3 Å². The van der Waals surface area contributed by atoms with Crippen LogP contribution in [0, 0.1) is 18.8 Å². The van der Waals surface area contributed by atoms with Gasteiger partial charge in [0.1, 0.15) is 12.4 Å². The average Bonchev–Trinajstić information content (AvgIpc) is 3.25. The molecule has 1 aromatic carbocycles. The van der Waals surface area contributed by atoms with Crippen LogP contribution in [0.25, 0.3) is 0 Å². The van der Waals surface area contributed by atoms with Crippen molar-refractivity contribution < 1.29 is 14.3 Å². The van der Waals surface area contributed by atoms with E-state index in [2.05, 4.69) is 25.3 Å². The highest BCUT2D eigenvalue weighted by Crippen LogP contribution is 2.34. The molecule has 1 aliphatic rings. The molecule has 186 valence electrons. The maximum absolute atomic E-state index is 13.6. The third kappa shape index (κ3) is 6.98. The summed E-state index contributed by atoms with van der Waals surface area (Å²) in [5, 5.41) is 2.79. The van der Waals surface area contributed by atoms with Crippen molar-refractivity contribution in [2.45, 2.75) is 59.9 Å². The number of fused-ring (bicyclic) bond motifs is 1. The van der Waals surface area contributed by atoms with Gasteiger partial charge in [-0.05, 0) is 72.4 Å². The number of nitrogens with zero attached hydrogens (tertiary/aromatic N) is 2. The number of benzene rings is 1. The Kier molecular flexibility index (Phi) is 9.43. The van der Waals surface area contributed by atoms with Gasteiger partial charge >= 0.3 is 0 Å². The fourth-order valence-electron chi connectivity index (χ4n) is 4.20. The Morgan fingerprint density at radius 1 is 1.21 bits per heavy atom. The second kappa shape index (κ2) is 12.1. The number of carbonyl (C=O) groups excluding carboxylic acids is 2. The predicted molar refractivity (Wildman–Crippen MR) is 140 cm³/mol. The summed E-state index contributed by atoms with van der Waals surface area (Å²) in [5.41, 5.74) is 2.11. The quantitative estimate of drug-likeness (QED) is 0.390. The van der Waals surface area contributed by atoms with Crippen LogP contribution in [0.15, 0.2) is 29.6 Å². The van der Waals surface area contributed by atoms with Gasteiger partial charge in [-0.25, -0.2) is 0 Å². The molecule has 1 atom stereocenters. The number of hydrogen-bond donors (Lipinski definition) is 0. The Bertz CT molecular complexity index is 988. The van der Waals surface area contributed by atoms with Crippen LogP contribution in [0.4, 0.5) is 0 Å². The predicted octanol–water partition coefficient (Wildman–Crippen LogP) is 6.14. The van der Waals surface area contributed by atoms with E-state index in [1.165, 1.54) is 4.88 Å². The van der Waals surface area contributed by atoms with E-state index in [4.69, 9.17) is 16.3 Å². The highest BCUT2D eigenvalue weighted by molar-refractivity contribution is 7.10. The fraction of sp³-hybridized carbons (Fsp3) is 0.556. The van der Waals surface area contributed by atoms with Gasteiger partial charge in [-0.1, -0.05) is 39.3 Å². The molecule has 0 bridgehead atoms. The summed E-state index contributed by atoms with van der Waals surface area (Å²) >= 11 is 7.89. The molecule has 2 amide bonds. The van der Waals surface area contributed by atoms with Gasteiger partial charge in [-0.2, -0.15) is 0 Å². The SMILES string of the molecule is Cc1cc(OCC2c3ccsc3CCN2C(=O)CN(CCC(C)C)C(=O)CC(C)C)ccc1Cl. The number of hydrogen-bond acceptors (Lipinski definition) is 4. The van der Waals surface area contributed by atoms with E-state index in [9.17, 15) is 9.59 Å². The lowest BCUT2D eigenvalue weighted by Gasteiger charge is -2.37. The third-order valence-electron chi connectivity index (χ3n) is 6.19. The number of amides is 2. The highest BCUT2D eigenvalue weighted by Gasteiger charge is 2.33. The van der Waals surface area contributed by atoms with Crippen molar-refractivity contribution in [1.82, 2.24) is 9.80 Å². The third-order valence-corrected chi connectivity index (χ3v) is 7.61. The first kappa shape index (κ1) is 26.6. The van der Waals surface area contributed by atoms with Crippen LogP contribution in [0.1, 0.15) is 62.6 Å². The molecule has 0 fully saturated rings. The Morgan fingerprint density at radius 2 is 1.97 bits per heavy atom. The molecule has 5 nitrogen and oxygen atoms in total. The Balaban J connectivity index is 1.76. The second-order valence-electron chi connectivity index (χ2n) is 9.97. The maximum Gasteiger partial charge on any atom is 0.242 e. The molecule has 1 aromatic heterocycles. The summed E-state index contributed by atoms with van der Waals surface area (Å²) in [7, 11) is 0. The summed E-state index contributed by atoms with van der Waals surface area (Å²) in [4.78, 5) is 31.4. The summed E-state index contributed by atoms with van der Waals surface area (Å²) in [5.74, 6) is 1.51. The summed E-state index contributed by atoms with van der Waals surface area (Å²) < 4.78 is 6.14. The average molecular weight is 505 g/mol. The molecule has 0 saturated carbocycles. The molecule has 1 unspecified atom stereocenters. The van der Waals surface area contributed by atoms with E-state index >= 15 is 0 Å². The first-order chi connectivity index (χ1) is 16.2. The van der Waals surface area contributed by atoms with Crippen molar-refractivity contribution >= 4 is 34.8 Å². The molecule has 0 saturated heterocycles. The van der Waals surface area contributed by atoms with Gasteiger partial charge < -0.3 is 14.5 Å². The molecule has 0 radical (unpaired) electrons. The number of halogens is 1. The lowest BCUT2D eigenvalue weighted by molar-refractivity contribution is -0.143. The lowest BCUT2D eigenvalue weighted by atomic mass is 10.00. The largest absolute Gasteiger partial charge is 0.491 e. The monoisotopic (exact) mass is 504 g/mol. The molecular weight excluding hydrogens is 468 g/mol. The number of aryl methyl sites for hydroxylation is 1. The smallest absolute Gasteiger partial charge is 0.242 e. The van der Waals surface area contributed by atoms with Crippen LogP contribution in [0.3, 0.4) is 0 Å². The number of ether oxygens (including phenoxy) is 1. The Hall–Kier alpha value is -2.05. The van der Waals surface area contributed by atoms with Crippen LogP contribution in [-0.4, -0.2) is 47.9 Å². The first-order valence-corrected chi connectivity index (χ1v) is 13.4. The van der Waals surface area contributed by atoms with Gasteiger partial charge in [-0.3, -0.25) is 9.59 Å². The minimum absolute atomic E-state index is 0.0152. The molecular formula is C27H37ClN2O3S. The molecule has 0 aliphatic carbocycles. The van der Waals surface area contributed by atoms with Crippen molar-refractivity contribution in [2.24, 2.45) is 11.8 Å².